The predicted octanol–water partition coefficient (Wildman–Crippen LogP) is 0.911. The number of rotatable bonds is 6. The van der Waals surface area contributed by atoms with Crippen molar-refractivity contribution in [1.29, 1.82) is 0 Å². The SMILES string of the molecule is CN(CC1CC1)S(=O)(=O)c1ccc([N+](=O)[O-])cc1NN. The fourth-order valence-corrected chi connectivity index (χ4v) is 3.28. The van der Waals surface area contributed by atoms with Crippen LogP contribution >= 0.6 is 0 Å². The zero-order valence-electron chi connectivity index (χ0n) is 10.9. The molecule has 0 saturated heterocycles. The first-order valence-corrected chi connectivity index (χ1v) is 7.51. The largest absolute Gasteiger partial charge is 0.323 e. The van der Waals surface area contributed by atoms with Crippen molar-refractivity contribution in [2.24, 2.45) is 11.8 Å². The Morgan fingerprint density at radius 2 is 2.15 bits per heavy atom. The Bertz CT molecular complexity index is 627. The molecule has 0 aromatic heterocycles. The van der Waals surface area contributed by atoms with Crippen LogP contribution in [-0.4, -0.2) is 31.2 Å². The summed E-state index contributed by atoms with van der Waals surface area (Å²) in [5.74, 6) is 5.68. The van der Waals surface area contributed by atoms with Gasteiger partial charge in [-0.25, -0.2) is 12.7 Å². The molecule has 1 aromatic rings. The molecule has 9 heteroatoms. The lowest BCUT2D eigenvalue weighted by atomic mass is 10.3. The first kappa shape index (κ1) is 14.7. The Morgan fingerprint density at radius 1 is 1.50 bits per heavy atom. The molecular formula is C11H16N4O4S. The van der Waals surface area contributed by atoms with Crippen LogP contribution in [0, 0.1) is 16.0 Å². The van der Waals surface area contributed by atoms with Crippen molar-refractivity contribution in [3.8, 4) is 0 Å². The van der Waals surface area contributed by atoms with Crippen LogP contribution in [0.25, 0.3) is 0 Å². The number of hydrogen-bond donors (Lipinski definition) is 2. The lowest BCUT2D eigenvalue weighted by Crippen LogP contribution is -2.30. The van der Waals surface area contributed by atoms with Crippen molar-refractivity contribution in [1.82, 2.24) is 4.31 Å². The van der Waals surface area contributed by atoms with E-state index in [1.165, 1.54) is 17.4 Å². The number of non-ortho nitro benzene ring substituents is 1. The van der Waals surface area contributed by atoms with Crippen LogP contribution in [-0.2, 0) is 10.0 Å². The molecule has 0 aliphatic heterocycles. The number of benzene rings is 1. The van der Waals surface area contributed by atoms with Crippen LogP contribution in [0.2, 0.25) is 0 Å². The number of sulfonamides is 1. The van der Waals surface area contributed by atoms with E-state index in [9.17, 15) is 18.5 Å². The number of hydrogen-bond acceptors (Lipinski definition) is 6. The van der Waals surface area contributed by atoms with Gasteiger partial charge >= 0.3 is 0 Å². The highest BCUT2D eigenvalue weighted by Crippen LogP contribution is 2.33. The summed E-state index contributed by atoms with van der Waals surface area (Å²) in [6.07, 6.45) is 2.06. The molecule has 0 bridgehead atoms. The molecule has 0 amide bonds. The van der Waals surface area contributed by atoms with E-state index in [0.717, 1.165) is 25.0 Å². The number of hydrazine groups is 1. The average molecular weight is 300 g/mol. The van der Waals surface area contributed by atoms with Crippen LogP contribution in [0.5, 0.6) is 0 Å². The van der Waals surface area contributed by atoms with Crippen LogP contribution in [0.4, 0.5) is 11.4 Å². The van der Waals surface area contributed by atoms with E-state index in [2.05, 4.69) is 5.43 Å². The Kier molecular flexibility index (Phi) is 3.93. The van der Waals surface area contributed by atoms with Gasteiger partial charge in [-0.05, 0) is 24.8 Å². The molecule has 8 nitrogen and oxygen atoms in total. The van der Waals surface area contributed by atoms with E-state index in [1.807, 2.05) is 0 Å². The van der Waals surface area contributed by atoms with Gasteiger partial charge in [0, 0.05) is 25.7 Å². The summed E-state index contributed by atoms with van der Waals surface area (Å²) in [6.45, 7) is 0.448. The Hall–Kier alpha value is -1.71. The molecular weight excluding hydrogens is 284 g/mol. The number of nitro groups is 1. The third kappa shape index (κ3) is 2.89. The Balaban J connectivity index is 2.36. The number of nitrogens with zero attached hydrogens (tertiary/aromatic N) is 2. The van der Waals surface area contributed by atoms with Crippen LogP contribution < -0.4 is 11.3 Å². The summed E-state index contributed by atoms with van der Waals surface area (Å²) < 4.78 is 26.1. The summed E-state index contributed by atoms with van der Waals surface area (Å²) in [7, 11) is -2.22. The van der Waals surface area contributed by atoms with Gasteiger partial charge in [-0.2, -0.15) is 0 Å². The maximum absolute atomic E-state index is 12.4. The van der Waals surface area contributed by atoms with Gasteiger partial charge in [0.2, 0.25) is 10.0 Å². The number of anilines is 1. The molecule has 1 fully saturated rings. The van der Waals surface area contributed by atoms with Crippen molar-refractivity contribution in [2.45, 2.75) is 17.7 Å². The first-order valence-electron chi connectivity index (χ1n) is 6.07. The summed E-state index contributed by atoms with van der Waals surface area (Å²) in [5, 5.41) is 10.7. The van der Waals surface area contributed by atoms with E-state index in [-0.39, 0.29) is 16.3 Å². The maximum atomic E-state index is 12.4. The third-order valence-electron chi connectivity index (χ3n) is 3.23. The molecule has 110 valence electrons. The zero-order chi connectivity index (χ0) is 14.9. The molecule has 2 rings (SSSR count). The van der Waals surface area contributed by atoms with Gasteiger partial charge in [-0.3, -0.25) is 16.0 Å². The van der Waals surface area contributed by atoms with Crippen molar-refractivity contribution >= 4 is 21.4 Å². The van der Waals surface area contributed by atoms with Gasteiger partial charge in [-0.1, -0.05) is 0 Å². The number of nitrogens with one attached hydrogen (secondary N) is 1. The molecule has 1 aromatic carbocycles. The summed E-state index contributed by atoms with van der Waals surface area (Å²) in [5.41, 5.74) is 2.01. The monoisotopic (exact) mass is 300 g/mol. The Labute approximate surface area is 116 Å². The quantitative estimate of drug-likeness (QED) is 0.458. The standard InChI is InChI=1S/C11H16N4O4S/c1-14(7-8-2-3-8)20(18,19)11-5-4-9(15(16)17)6-10(11)13-12/h4-6,8,13H,2-3,7,12H2,1H3. The van der Waals surface area contributed by atoms with Crippen LogP contribution in [0.3, 0.4) is 0 Å². The molecule has 0 heterocycles. The van der Waals surface area contributed by atoms with Crippen molar-refractivity contribution in [2.75, 3.05) is 19.0 Å². The topological polar surface area (TPSA) is 119 Å². The Morgan fingerprint density at radius 3 is 2.65 bits per heavy atom. The minimum absolute atomic E-state index is 0.0156. The lowest BCUT2D eigenvalue weighted by molar-refractivity contribution is -0.384. The zero-order valence-corrected chi connectivity index (χ0v) is 11.8. The van der Waals surface area contributed by atoms with E-state index in [0.29, 0.717) is 12.5 Å². The molecule has 20 heavy (non-hydrogen) atoms. The van der Waals surface area contributed by atoms with Gasteiger partial charge in [0.15, 0.2) is 0 Å². The smallest absolute Gasteiger partial charge is 0.271 e. The minimum atomic E-state index is -3.71. The highest BCUT2D eigenvalue weighted by atomic mass is 32.2. The molecule has 0 unspecified atom stereocenters. The lowest BCUT2D eigenvalue weighted by Gasteiger charge is -2.18. The first-order chi connectivity index (χ1) is 9.36. The molecule has 3 N–H and O–H groups in total. The summed E-state index contributed by atoms with van der Waals surface area (Å²) >= 11 is 0. The van der Waals surface area contributed by atoms with Crippen molar-refractivity contribution < 1.29 is 13.3 Å². The molecule has 1 saturated carbocycles. The molecule has 0 radical (unpaired) electrons. The molecule has 0 spiro atoms. The fraction of sp³-hybridized carbons (Fsp3) is 0.455. The van der Waals surface area contributed by atoms with E-state index in [1.54, 1.807) is 0 Å². The van der Waals surface area contributed by atoms with E-state index < -0.39 is 14.9 Å². The van der Waals surface area contributed by atoms with Gasteiger partial charge in [0.1, 0.15) is 4.90 Å². The molecule has 0 atom stereocenters. The molecule has 1 aliphatic carbocycles. The minimum Gasteiger partial charge on any atom is -0.323 e. The van der Waals surface area contributed by atoms with Gasteiger partial charge in [-0.15, -0.1) is 0 Å². The fourth-order valence-electron chi connectivity index (χ4n) is 1.90. The highest BCUT2D eigenvalue weighted by Gasteiger charge is 2.31. The van der Waals surface area contributed by atoms with E-state index in [4.69, 9.17) is 5.84 Å². The molecule has 1 aliphatic rings. The van der Waals surface area contributed by atoms with Gasteiger partial charge in [0.25, 0.3) is 5.69 Å². The second-order valence-electron chi connectivity index (χ2n) is 4.81. The van der Waals surface area contributed by atoms with Gasteiger partial charge < -0.3 is 5.43 Å². The predicted molar refractivity (Wildman–Crippen MR) is 73.4 cm³/mol. The van der Waals surface area contributed by atoms with E-state index >= 15 is 0 Å². The second kappa shape index (κ2) is 5.35. The van der Waals surface area contributed by atoms with Gasteiger partial charge in [0.05, 0.1) is 10.6 Å². The maximum Gasteiger partial charge on any atom is 0.271 e. The second-order valence-corrected chi connectivity index (χ2v) is 6.82. The number of nitro benzene ring substituents is 1. The normalized spacial score (nSPS) is 15.3. The third-order valence-corrected chi connectivity index (χ3v) is 5.11. The summed E-state index contributed by atoms with van der Waals surface area (Å²) in [6, 6.07) is 3.46. The van der Waals surface area contributed by atoms with Crippen molar-refractivity contribution in [3.63, 3.8) is 0 Å². The number of nitrogen functional groups attached to an aromatic ring is 1. The highest BCUT2D eigenvalue weighted by molar-refractivity contribution is 7.89. The number of nitrogens with two attached hydrogens (primary N) is 1. The van der Waals surface area contributed by atoms with Crippen molar-refractivity contribution in [3.05, 3.63) is 28.3 Å². The van der Waals surface area contributed by atoms with Crippen LogP contribution in [0.15, 0.2) is 23.1 Å². The summed E-state index contributed by atoms with van der Waals surface area (Å²) in [4.78, 5) is 10.0. The van der Waals surface area contributed by atoms with Crippen LogP contribution in [0.1, 0.15) is 12.8 Å². The average Bonchev–Trinajstić information content (AvgIpc) is 3.21.